The van der Waals surface area contributed by atoms with Crippen LogP contribution in [0.15, 0.2) is 4.52 Å². The number of rotatable bonds is 6. The van der Waals surface area contributed by atoms with Gasteiger partial charge in [-0.05, 0) is 20.3 Å². The average molecular weight is 248 g/mol. The Balaban J connectivity index is 2.58. The molecule has 0 radical (unpaired) electrons. The zero-order valence-electron chi connectivity index (χ0n) is 9.36. The Kier molecular flexibility index (Phi) is 4.45. The number of aliphatic hydroxyl groups excluding tert-OH is 1. The van der Waals surface area contributed by atoms with Crippen molar-refractivity contribution in [2.45, 2.75) is 26.8 Å². The third-order valence-corrected chi connectivity index (χ3v) is 3.63. The second-order valence-corrected chi connectivity index (χ2v) is 5.45. The largest absolute Gasteiger partial charge is 0.396 e. The van der Waals surface area contributed by atoms with Crippen molar-refractivity contribution in [3.05, 3.63) is 17.0 Å². The lowest BCUT2D eigenvalue weighted by Crippen LogP contribution is -2.26. The summed E-state index contributed by atoms with van der Waals surface area (Å²) in [6.07, 6.45) is 0.233. The van der Waals surface area contributed by atoms with E-state index in [1.165, 1.54) is 0 Å². The van der Waals surface area contributed by atoms with Crippen LogP contribution < -0.4 is 4.72 Å². The van der Waals surface area contributed by atoms with E-state index in [1.54, 1.807) is 13.8 Å². The maximum Gasteiger partial charge on any atom is 0.211 e. The Morgan fingerprint density at radius 1 is 1.44 bits per heavy atom. The molecule has 7 heteroatoms. The normalized spacial score (nSPS) is 11.9. The van der Waals surface area contributed by atoms with Gasteiger partial charge in [0.25, 0.3) is 0 Å². The minimum Gasteiger partial charge on any atom is -0.396 e. The fourth-order valence-corrected chi connectivity index (χ4v) is 2.28. The van der Waals surface area contributed by atoms with Crippen molar-refractivity contribution in [2.24, 2.45) is 0 Å². The maximum absolute atomic E-state index is 11.4. The highest BCUT2D eigenvalue weighted by Crippen LogP contribution is 2.11. The summed E-state index contributed by atoms with van der Waals surface area (Å²) in [5.74, 6) is 0.537. The second kappa shape index (κ2) is 5.42. The zero-order chi connectivity index (χ0) is 12.2. The molecule has 0 aliphatic rings. The third kappa shape index (κ3) is 3.58. The molecule has 92 valence electrons. The van der Waals surface area contributed by atoms with Gasteiger partial charge in [0.1, 0.15) is 5.76 Å². The van der Waals surface area contributed by atoms with Gasteiger partial charge in [0, 0.05) is 18.7 Å². The van der Waals surface area contributed by atoms with Crippen LogP contribution in [0.2, 0.25) is 0 Å². The van der Waals surface area contributed by atoms with Gasteiger partial charge in [-0.3, -0.25) is 0 Å². The Morgan fingerprint density at radius 3 is 2.62 bits per heavy atom. The molecule has 0 atom stereocenters. The first-order valence-corrected chi connectivity index (χ1v) is 6.61. The minimum atomic E-state index is -3.33. The monoisotopic (exact) mass is 248 g/mol. The molecule has 0 fully saturated rings. The van der Waals surface area contributed by atoms with E-state index in [-0.39, 0.29) is 25.3 Å². The number of hydrogen-bond acceptors (Lipinski definition) is 5. The molecular weight excluding hydrogens is 232 g/mol. The molecule has 1 heterocycles. The molecule has 1 rings (SSSR count). The standard InChI is InChI=1S/C9H16N2O4S/c1-7-9(8(2)15-11-7)6-10-16(13,14)5-3-4-12/h10,12H,3-6H2,1-2H3. The van der Waals surface area contributed by atoms with Gasteiger partial charge >= 0.3 is 0 Å². The van der Waals surface area contributed by atoms with Crippen LogP contribution in [0.25, 0.3) is 0 Å². The van der Waals surface area contributed by atoms with Gasteiger partial charge in [-0.15, -0.1) is 0 Å². The predicted octanol–water partition coefficient (Wildman–Crippen LogP) is 0.0932. The third-order valence-electron chi connectivity index (χ3n) is 2.22. The topological polar surface area (TPSA) is 92.4 Å². The summed E-state index contributed by atoms with van der Waals surface area (Å²) < 4.78 is 30.2. The van der Waals surface area contributed by atoms with Gasteiger partial charge in [-0.1, -0.05) is 5.16 Å². The SMILES string of the molecule is Cc1noc(C)c1CNS(=O)(=O)CCCO. The highest BCUT2D eigenvalue weighted by atomic mass is 32.2. The van der Waals surface area contributed by atoms with Crippen LogP contribution in [-0.2, 0) is 16.6 Å². The van der Waals surface area contributed by atoms with Gasteiger partial charge in [0.2, 0.25) is 10.0 Å². The van der Waals surface area contributed by atoms with Gasteiger partial charge < -0.3 is 9.63 Å². The molecule has 0 aromatic carbocycles. The van der Waals surface area contributed by atoms with Crippen molar-refractivity contribution in [1.82, 2.24) is 9.88 Å². The molecule has 0 saturated carbocycles. The van der Waals surface area contributed by atoms with Crippen LogP contribution in [0.3, 0.4) is 0 Å². The van der Waals surface area contributed by atoms with Crippen molar-refractivity contribution in [3.8, 4) is 0 Å². The van der Waals surface area contributed by atoms with Crippen molar-refractivity contribution < 1.29 is 18.0 Å². The van der Waals surface area contributed by atoms with E-state index < -0.39 is 10.0 Å². The Hall–Kier alpha value is -0.920. The van der Waals surface area contributed by atoms with E-state index in [2.05, 4.69) is 9.88 Å². The first-order chi connectivity index (χ1) is 7.46. The van der Waals surface area contributed by atoms with Crippen molar-refractivity contribution in [2.75, 3.05) is 12.4 Å². The smallest absolute Gasteiger partial charge is 0.211 e. The molecule has 0 spiro atoms. The van der Waals surface area contributed by atoms with Crippen molar-refractivity contribution in [3.63, 3.8) is 0 Å². The molecule has 1 aromatic heterocycles. The number of sulfonamides is 1. The van der Waals surface area contributed by atoms with E-state index in [4.69, 9.17) is 9.63 Å². The maximum atomic E-state index is 11.4. The second-order valence-electron chi connectivity index (χ2n) is 3.52. The Bertz CT molecular complexity index is 419. The van der Waals surface area contributed by atoms with E-state index in [0.717, 1.165) is 5.56 Å². The van der Waals surface area contributed by atoms with Crippen molar-refractivity contribution >= 4 is 10.0 Å². The number of nitrogens with zero attached hydrogens (tertiary/aromatic N) is 1. The summed E-state index contributed by atoms with van der Waals surface area (Å²) in [5.41, 5.74) is 1.44. The number of aromatic nitrogens is 1. The van der Waals surface area contributed by atoms with Crippen LogP contribution in [0, 0.1) is 13.8 Å². The average Bonchev–Trinajstić information content (AvgIpc) is 2.53. The Morgan fingerprint density at radius 2 is 2.12 bits per heavy atom. The molecule has 0 saturated heterocycles. The molecule has 2 N–H and O–H groups in total. The summed E-state index contributed by atoms with van der Waals surface area (Å²) >= 11 is 0. The van der Waals surface area contributed by atoms with Gasteiger partial charge in [-0.25, -0.2) is 13.1 Å². The first kappa shape index (κ1) is 13.1. The fraction of sp³-hybridized carbons (Fsp3) is 0.667. The summed E-state index contributed by atoms with van der Waals surface area (Å²) in [6.45, 7) is 3.53. The number of nitrogens with one attached hydrogen (secondary N) is 1. The Labute approximate surface area is 94.7 Å². The summed E-state index contributed by atoms with van der Waals surface area (Å²) in [5, 5.41) is 12.3. The molecule has 0 aliphatic heterocycles. The first-order valence-electron chi connectivity index (χ1n) is 4.96. The molecule has 0 amide bonds. The lowest BCUT2D eigenvalue weighted by atomic mass is 10.2. The van der Waals surface area contributed by atoms with E-state index >= 15 is 0 Å². The molecule has 0 aliphatic carbocycles. The van der Waals surface area contributed by atoms with Gasteiger partial charge in [0.05, 0.1) is 11.4 Å². The molecule has 1 aromatic rings. The van der Waals surface area contributed by atoms with E-state index in [9.17, 15) is 8.42 Å². The molecular formula is C9H16N2O4S. The van der Waals surface area contributed by atoms with E-state index in [1.807, 2.05) is 0 Å². The predicted molar refractivity (Wildman–Crippen MR) is 58.3 cm³/mol. The number of aryl methyl sites for hydroxylation is 2. The molecule has 16 heavy (non-hydrogen) atoms. The highest BCUT2D eigenvalue weighted by Gasteiger charge is 2.13. The highest BCUT2D eigenvalue weighted by molar-refractivity contribution is 7.89. The van der Waals surface area contributed by atoms with Gasteiger partial charge in [-0.2, -0.15) is 0 Å². The number of aliphatic hydroxyl groups is 1. The summed E-state index contributed by atoms with van der Waals surface area (Å²) in [4.78, 5) is 0. The summed E-state index contributed by atoms with van der Waals surface area (Å²) in [7, 11) is -3.33. The lowest BCUT2D eigenvalue weighted by molar-refractivity contribution is 0.295. The zero-order valence-corrected chi connectivity index (χ0v) is 10.2. The van der Waals surface area contributed by atoms with Crippen LogP contribution >= 0.6 is 0 Å². The van der Waals surface area contributed by atoms with Crippen LogP contribution in [0.1, 0.15) is 23.4 Å². The number of hydrogen-bond donors (Lipinski definition) is 2. The molecule has 0 bridgehead atoms. The quantitative estimate of drug-likeness (QED) is 0.744. The van der Waals surface area contributed by atoms with Gasteiger partial charge in [0.15, 0.2) is 0 Å². The van der Waals surface area contributed by atoms with E-state index in [0.29, 0.717) is 11.5 Å². The fourth-order valence-electron chi connectivity index (χ4n) is 1.26. The minimum absolute atomic E-state index is 0.0765. The van der Waals surface area contributed by atoms with Crippen LogP contribution in [0.4, 0.5) is 0 Å². The van der Waals surface area contributed by atoms with Crippen LogP contribution in [-0.4, -0.2) is 31.0 Å². The summed E-state index contributed by atoms with van der Waals surface area (Å²) in [6, 6.07) is 0. The molecule has 0 unspecified atom stereocenters. The van der Waals surface area contributed by atoms with Crippen LogP contribution in [0.5, 0.6) is 0 Å². The lowest BCUT2D eigenvalue weighted by Gasteiger charge is -2.05. The van der Waals surface area contributed by atoms with Crippen molar-refractivity contribution in [1.29, 1.82) is 0 Å². The molecule has 6 nitrogen and oxygen atoms in total.